The molecule has 0 heterocycles. The van der Waals surface area contributed by atoms with Gasteiger partial charge in [-0.3, -0.25) is 4.99 Å². The number of rotatable bonds is 3. The molecule has 0 rings (SSSR count). The first kappa shape index (κ1) is 11.0. The molecule has 0 bridgehead atoms. The average Bonchev–Trinajstić information content (AvgIpc) is 2.04. The van der Waals surface area contributed by atoms with Crippen LogP contribution in [0.15, 0.2) is 28.5 Å². The Kier molecular flexibility index (Phi) is 5.09. The van der Waals surface area contributed by atoms with Crippen LogP contribution in [0.2, 0.25) is 0 Å². The molecule has 0 radical (unpaired) electrons. The van der Waals surface area contributed by atoms with E-state index in [1.807, 2.05) is 26.1 Å². The molecular formula is C10H18N2. The van der Waals surface area contributed by atoms with E-state index in [1.165, 1.54) is 0 Å². The molecule has 0 aliphatic carbocycles. The minimum atomic E-state index is 0.385. The number of nitrogens with zero attached hydrogens (tertiary/aromatic N) is 1. The second-order valence-corrected chi connectivity index (χ2v) is 3.04. The van der Waals surface area contributed by atoms with E-state index >= 15 is 0 Å². The van der Waals surface area contributed by atoms with Gasteiger partial charge in [0.05, 0.1) is 5.70 Å². The molecule has 0 aliphatic rings. The lowest BCUT2D eigenvalue weighted by atomic mass is 10.1. The van der Waals surface area contributed by atoms with Gasteiger partial charge in [0.15, 0.2) is 0 Å². The standard InChI is InChI=1S/C10H18N2/c1-5-9(4)7-12-10(6-11)8(2)3/h5-8H,11H2,1-4H3/b9-5-,10-6-,12-7-. The van der Waals surface area contributed by atoms with Gasteiger partial charge in [-0.15, -0.1) is 0 Å². The summed E-state index contributed by atoms with van der Waals surface area (Å²) in [4.78, 5) is 4.26. The summed E-state index contributed by atoms with van der Waals surface area (Å²) in [6.07, 6.45) is 5.40. The lowest BCUT2D eigenvalue weighted by molar-refractivity contribution is 0.755. The van der Waals surface area contributed by atoms with Crippen molar-refractivity contribution < 1.29 is 0 Å². The molecule has 0 fully saturated rings. The highest BCUT2D eigenvalue weighted by Crippen LogP contribution is 2.08. The lowest BCUT2D eigenvalue weighted by Gasteiger charge is -2.03. The van der Waals surface area contributed by atoms with Crippen molar-refractivity contribution in [1.29, 1.82) is 0 Å². The van der Waals surface area contributed by atoms with E-state index in [0.717, 1.165) is 11.3 Å². The van der Waals surface area contributed by atoms with Crippen molar-refractivity contribution in [3.63, 3.8) is 0 Å². The summed E-state index contributed by atoms with van der Waals surface area (Å²) in [5, 5.41) is 0. The summed E-state index contributed by atoms with van der Waals surface area (Å²) < 4.78 is 0. The molecule has 0 aromatic rings. The first-order valence-electron chi connectivity index (χ1n) is 4.20. The Morgan fingerprint density at radius 3 is 2.33 bits per heavy atom. The van der Waals surface area contributed by atoms with Gasteiger partial charge < -0.3 is 5.73 Å². The van der Waals surface area contributed by atoms with E-state index in [1.54, 1.807) is 6.20 Å². The van der Waals surface area contributed by atoms with Gasteiger partial charge in [0.1, 0.15) is 0 Å². The Hall–Kier alpha value is -1.05. The fourth-order valence-corrected chi connectivity index (χ4v) is 0.635. The first-order valence-corrected chi connectivity index (χ1v) is 4.20. The van der Waals surface area contributed by atoms with Crippen molar-refractivity contribution in [1.82, 2.24) is 0 Å². The lowest BCUT2D eigenvalue weighted by Crippen LogP contribution is -1.95. The fraction of sp³-hybridized carbons (Fsp3) is 0.500. The van der Waals surface area contributed by atoms with E-state index in [4.69, 9.17) is 5.73 Å². The summed E-state index contributed by atoms with van der Waals surface area (Å²) in [6.45, 7) is 8.14. The van der Waals surface area contributed by atoms with Gasteiger partial charge in [-0.2, -0.15) is 0 Å². The zero-order chi connectivity index (χ0) is 9.56. The van der Waals surface area contributed by atoms with Crippen LogP contribution in [0, 0.1) is 5.92 Å². The molecule has 2 heteroatoms. The normalized spacial score (nSPS) is 14.8. The van der Waals surface area contributed by atoms with Crippen LogP contribution < -0.4 is 5.73 Å². The Morgan fingerprint density at radius 2 is 2.00 bits per heavy atom. The van der Waals surface area contributed by atoms with Crippen LogP contribution in [-0.4, -0.2) is 6.21 Å². The third-order valence-corrected chi connectivity index (χ3v) is 1.63. The van der Waals surface area contributed by atoms with E-state index < -0.39 is 0 Å². The first-order chi connectivity index (χ1) is 5.61. The average molecular weight is 166 g/mol. The smallest absolute Gasteiger partial charge is 0.0583 e. The van der Waals surface area contributed by atoms with Gasteiger partial charge in [0, 0.05) is 12.4 Å². The molecule has 0 atom stereocenters. The van der Waals surface area contributed by atoms with Crippen molar-refractivity contribution in [2.24, 2.45) is 16.6 Å². The maximum atomic E-state index is 5.41. The minimum absolute atomic E-state index is 0.385. The van der Waals surface area contributed by atoms with Crippen molar-refractivity contribution in [2.45, 2.75) is 27.7 Å². The molecule has 0 aliphatic heterocycles. The third-order valence-electron chi connectivity index (χ3n) is 1.63. The van der Waals surface area contributed by atoms with Gasteiger partial charge in [0.25, 0.3) is 0 Å². The molecule has 2 nitrogen and oxygen atoms in total. The van der Waals surface area contributed by atoms with Crippen molar-refractivity contribution >= 4 is 6.21 Å². The quantitative estimate of drug-likeness (QED) is 0.643. The van der Waals surface area contributed by atoms with Crippen LogP contribution in [0.25, 0.3) is 0 Å². The van der Waals surface area contributed by atoms with Gasteiger partial charge in [-0.1, -0.05) is 19.9 Å². The largest absolute Gasteiger partial charge is 0.403 e. The van der Waals surface area contributed by atoms with Crippen LogP contribution in [0.1, 0.15) is 27.7 Å². The molecule has 12 heavy (non-hydrogen) atoms. The second kappa shape index (κ2) is 5.58. The predicted octanol–water partition coefficient (Wildman–Crippen LogP) is 2.48. The molecule has 2 N–H and O–H groups in total. The zero-order valence-corrected chi connectivity index (χ0v) is 8.33. The maximum absolute atomic E-state index is 5.41. The van der Waals surface area contributed by atoms with E-state index in [0.29, 0.717) is 5.92 Å². The number of allylic oxidation sites excluding steroid dienone is 3. The van der Waals surface area contributed by atoms with Crippen LogP contribution in [0.3, 0.4) is 0 Å². The highest BCUT2D eigenvalue weighted by atomic mass is 14.8. The SMILES string of the molecule is C\C=C(C)/C=N\C(=C/N)C(C)C. The van der Waals surface area contributed by atoms with E-state index in [-0.39, 0.29) is 0 Å². The van der Waals surface area contributed by atoms with Gasteiger partial charge in [-0.05, 0) is 25.3 Å². The molecule has 0 aromatic heterocycles. The van der Waals surface area contributed by atoms with Gasteiger partial charge >= 0.3 is 0 Å². The Bertz CT molecular complexity index is 210. The van der Waals surface area contributed by atoms with Crippen molar-refractivity contribution in [3.8, 4) is 0 Å². The molecule has 68 valence electrons. The molecule has 0 saturated carbocycles. The molecule has 0 aromatic carbocycles. The highest BCUT2D eigenvalue weighted by molar-refractivity contribution is 5.78. The van der Waals surface area contributed by atoms with E-state index in [2.05, 4.69) is 18.8 Å². The number of hydrogen-bond donors (Lipinski definition) is 1. The second-order valence-electron chi connectivity index (χ2n) is 3.04. The number of aliphatic imine (C=N–C) groups is 1. The molecule has 0 saturated heterocycles. The van der Waals surface area contributed by atoms with Crippen LogP contribution >= 0.6 is 0 Å². The van der Waals surface area contributed by atoms with Crippen LogP contribution in [0.5, 0.6) is 0 Å². The molecular weight excluding hydrogens is 148 g/mol. The van der Waals surface area contributed by atoms with Crippen molar-refractivity contribution in [3.05, 3.63) is 23.5 Å². The number of hydrogen-bond acceptors (Lipinski definition) is 2. The maximum Gasteiger partial charge on any atom is 0.0583 e. The summed E-state index contributed by atoms with van der Waals surface area (Å²) in [5.41, 5.74) is 7.48. The minimum Gasteiger partial charge on any atom is -0.403 e. The number of nitrogens with two attached hydrogens (primary N) is 1. The monoisotopic (exact) mass is 166 g/mol. The van der Waals surface area contributed by atoms with Crippen LogP contribution in [-0.2, 0) is 0 Å². The van der Waals surface area contributed by atoms with Gasteiger partial charge in [-0.25, -0.2) is 0 Å². The topological polar surface area (TPSA) is 38.4 Å². The Balaban J connectivity index is 4.32. The summed E-state index contributed by atoms with van der Waals surface area (Å²) >= 11 is 0. The van der Waals surface area contributed by atoms with Crippen molar-refractivity contribution in [2.75, 3.05) is 0 Å². The molecule has 0 spiro atoms. The summed E-state index contributed by atoms with van der Waals surface area (Å²) in [5.74, 6) is 0.385. The van der Waals surface area contributed by atoms with Gasteiger partial charge in [0.2, 0.25) is 0 Å². The molecule has 0 amide bonds. The highest BCUT2D eigenvalue weighted by Gasteiger charge is 1.97. The van der Waals surface area contributed by atoms with E-state index in [9.17, 15) is 0 Å². The Morgan fingerprint density at radius 1 is 1.42 bits per heavy atom. The third kappa shape index (κ3) is 3.96. The summed E-state index contributed by atoms with van der Waals surface area (Å²) in [6, 6.07) is 0. The zero-order valence-electron chi connectivity index (χ0n) is 8.33. The fourth-order valence-electron chi connectivity index (χ4n) is 0.635. The summed E-state index contributed by atoms with van der Waals surface area (Å²) in [7, 11) is 0. The molecule has 0 unspecified atom stereocenters. The Labute approximate surface area is 74.9 Å². The van der Waals surface area contributed by atoms with Crippen LogP contribution in [0.4, 0.5) is 0 Å². The predicted molar refractivity (Wildman–Crippen MR) is 55.0 cm³/mol.